The zero-order valence-corrected chi connectivity index (χ0v) is 15.4. The lowest BCUT2D eigenvalue weighted by atomic mass is 10.1. The van der Waals surface area contributed by atoms with Crippen LogP contribution in [-0.4, -0.2) is 20.3 Å². The summed E-state index contributed by atoms with van der Waals surface area (Å²) in [6.45, 7) is 0.767. The SMILES string of the molecule is COc1cc(C2OCCO2)ccc1OCc1cccc(Br)c1C(F)(F)F. The summed E-state index contributed by atoms with van der Waals surface area (Å²) in [5, 5.41) is 0. The molecule has 1 saturated heterocycles. The van der Waals surface area contributed by atoms with Gasteiger partial charge in [0, 0.05) is 15.6 Å². The summed E-state index contributed by atoms with van der Waals surface area (Å²) in [6, 6.07) is 9.33. The van der Waals surface area contributed by atoms with Gasteiger partial charge in [-0.05, 0) is 18.2 Å². The Morgan fingerprint density at radius 1 is 1.12 bits per heavy atom. The number of ether oxygens (including phenoxy) is 4. The van der Waals surface area contributed by atoms with Crippen molar-refractivity contribution in [1.29, 1.82) is 0 Å². The van der Waals surface area contributed by atoms with Crippen molar-refractivity contribution in [1.82, 2.24) is 0 Å². The third-order valence-electron chi connectivity index (χ3n) is 3.85. The fourth-order valence-electron chi connectivity index (χ4n) is 2.66. The minimum absolute atomic E-state index is 0.0241. The molecule has 0 amide bonds. The maximum atomic E-state index is 13.3. The molecule has 1 heterocycles. The van der Waals surface area contributed by atoms with Crippen molar-refractivity contribution in [3.8, 4) is 11.5 Å². The summed E-state index contributed by atoms with van der Waals surface area (Å²) in [7, 11) is 1.46. The van der Waals surface area contributed by atoms with Crippen molar-refractivity contribution in [3.05, 3.63) is 57.6 Å². The van der Waals surface area contributed by atoms with E-state index in [-0.39, 0.29) is 16.6 Å². The third-order valence-corrected chi connectivity index (χ3v) is 4.51. The lowest BCUT2D eigenvalue weighted by Gasteiger charge is -2.17. The third kappa shape index (κ3) is 4.13. The molecule has 0 atom stereocenters. The van der Waals surface area contributed by atoms with E-state index in [4.69, 9.17) is 18.9 Å². The Hall–Kier alpha value is -1.77. The zero-order valence-electron chi connectivity index (χ0n) is 13.8. The van der Waals surface area contributed by atoms with Gasteiger partial charge in [-0.2, -0.15) is 13.2 Å². The minimum Gasteiger partial charge on any atom is -0.493 e. The molecule has 1 aliphatic heterocycles. The van der Waals surface area contributed by atoms with Crippen LogP contribution in [0.1, 0.15) is 23.0 Å². The number of alkyl halides is 3. The van der Waals surface area contributed by atoms with E-state index < -0.39 is 18.0 Å². The average molecular weight is 433 g/mol. The summed E-state index contributed by atoms with van der Waals surface area (Å²) in [5.74, 6) is 0.729. The Balaban J connectivity index is 1.81. The number of benzene rings is 2. The summed E-state index contributed by atoms with van der Waals surface area (Å²) >= 11 is 2.96. The minimum atomic E-state index is -4.48. The number of halogens is 4. The van der Waals surface area contributed by atoms with E-state index in [2.05, 4.69) is 15.9 Å². The van der Waals surface area contributed by atoms with E-state index in [1.807, 2.05) is 0 Å². The number of hydrogen-bond donors (Lipinski definition) is 0. The molecule has 2 aromatic rings. The second kappa shape index (κ2) is 7.85. The van der Waals surface area contributed by atoms with E-state index in [0.717, 1.165) is 5.56 Å². The molecule has 0 aliphatic carbocycles. The Kier molecular flexibility index (Phi) is 5.74. The first-order valence-electron chi connectivity index (χ1n) is 7.78. The molecule has 0 unspecified atom stereocenters. The fourth-order valence-corrected chi connectivity index (χ4v) is 3.29. The van der Waals surface area contributed by atoms with Gasteiger partial charge in [0.25, 0.3) is 0 Å². The largest absolute Gasteiger partial charge is 0.493 e. The smallest absolute Gasteiger partial charge is 0.417 e. The normalized spacial score (nSPS) is 15.3. The monoisotopic (exact) mass is 432 g/mol. The molecule has 0 bridgehead atoms. The molecule has 0 N–H and O–H groups in total. The molecule has 2 aromatic carbocycles. The molecule has 1 fully saturated rings. The van der Waals surface area contributed by atoms with Crippen LogP contribution in [0.4, 0.5) is 13.2 Å². The van der Waals surface area contributed by atoms with E-state index in [1.165, 1.54) is 25.3 Å². The first-order chi connectivity index (χ1) is 12.4. The zero-order chi connectivity index (χ0) is 18.7. The summed E-state index contributed by atoms with van der Waals surface area (Å²) < 4.78 is 61.5. The summed E-state index contributed by atoms with van der Waals surface area (Å²) in [4.78, 5) is 0. The summed E-state index contributed by atoms with van der Waals surface area (Å²) in [5.41, 5.74) is 0.0361. The molecule has 4 nitrogen and oxygen atoms in total. The maximum Gasteiger partial charge on any atom is 0.417 e. The highest BCUT2D eigenvalue weighted by Gasteiger charge is 2.35. The van der Waals surface area contributed by atoms with Crippen molar-refractivity contribution in [2.24, 2.45) is 0 Å². The molecular weight excluding hydrogens is 417 g/mol. The Labute approximate surface area is 156 Å². The molecule has 0 radical (unpaired) electrons. The first kappa shape index (κ1) is 19.0. The Morgan fingerprint density at radius 2 is 1.85 bits per heavy atom. The highest BCUT2D eigenvalue weighted by molar-refractivity contribution is 9.10. The maximum absolute atomic E-state index is 13.3. The number of methoxy groups -OCH3 is 1. The van der Waals surface area contributed by atoms with Gasteiger partial charge in [-0.15, -0.1) is 0 Å². The number of rotatable bonds is 5. The van der Waals surface area contributed by atoms with Gasteiger partial charge >= 0.3 is 6.18 Å². The molecule has 0 aromatic heterocycles. The molecule has 3 rings (SSSR count). The van der Waals surface area contributed by atoms with Gasteiger partial charge in [-0.1, -0.05) is 34.1 Å². The van der Waals surface area contributed by atoms with Crippen LogP contribution in [0.2, 0.25) is 0 Å². The van der Waals surface area contributed by atoms with Crippen LogP contribution in [-0.2, 0) is 22.3 Å². The van der Waals surface area contributed by atoms with Crippen LogP contribution in [0.15, 0.2) is 40.9 Å². The van der Waals surface area contributed by atoms with Crippen LogP contribution in [0.5, 0.6) is 11.5 Å². The molecule has 0 spiro atoms. The predicted octanol–water partition coefficient (Wildman–Crippen LogP) is 5.10. The molecule has 8 heteroatoms. The van der Waals surface area contributed by atoms with Crippen LogP contribution in [0.25, 0.3) is 0 Å². The van der Waals surface area contributed by atoms with Gasteiger partial charge in [0.2, 0.25) is 0 Å². The standard InChI is InChI=1S/C18H16BrF3O4/c1-23-15-9-11(17-24-7-8-25-17)5-6-14(15)26-10-12-3-2-4-13(19)16(12)18(20,21)22/h2-6,9,17H,7-8,10H2,1H3. The van der Waals surface area contributed by atoms with E-state index in [1.54, 1.807) is 18.2 Å². The quantitative estimate of drug-likeness (QED) is 0.658. The molecule has 140 valence electrons. The fraction of sp³-hybridized carbons (Fsp3) is 0.333. The van der Waals surface area contributed by atoms with Gasteiger partial charge in [-0.25, -0.2) is 0 Å². The van der Waals surface area contributed by atoms with Crippen LogP contribution in [0, 0.1) is 0 Å². The highest BCUT2D eigenvalue weighted by Crippen LogP contribution is 2.38. The lowest BCUT2D eigenvalue weighted by molar-refractivity contribution is -0.139. The van der Waals surface area contributed by atoms with E-state index >= 15 is 0 Å². The van der Waals surface area contributed by atoms with E-state index in [0.29, 0.717) is 24.7 Å². The second-order valence-corrected chi connectivity index (χ2v) is 6.40. The van der Waals surface area contributed by atoms with Gasteiger partial charge in [0.05, 0.1) is 25.9 Å². The van der Waals surface area contributed by atoms with Crippen molar-refractivity contribution in [3.63, 3.8) is 0 Å². The Bertz CT molecular complexity index is 774. The van der Waals surface area contributed by atoms with Crippen molar-refractivity contribution >= 4 is 15.9 Å². The van der Waals surface area contributed by atoms with Crippen molar-refractivity contribution in [2.75, 3.05) is 20.3 Å². The van der Waals surface area contributed by atoms with Crippen molar-refractivity contribution in [2.45, 2.75) is 19.1 Å². The molecular formula is C18H16BrF3O4. The van der Waals surface area contributed by atoms with Gasteiger partial charge in [-0.3, -0.25) is 0 Å². The Morgan fingerprint density at radius 3 is 2.50 bits per heavy atom. The highest BCUT2D eigenvalue weighted by atomic mass is 79.9. The lowest BCUT2D eigenvalue weighted by Crippen LogP contribution is -2.12. The van der Waals surface area contributed by atoms with Gasteiger partial charge in [0.1, 0.15) is 6.61 Å². The number of hydrogen-bond acceptors (Lipinski definition) is 4. The van der Waals surface area contributed by atoms with E-state index in [9.17, 15) is 13.2 Å². The van der Waals surface area contributed by atoms with Gasteiger partial charge < -0.3 is 18.9 Å². The van der Waals surface area contributed by atoms with Crippen LogP contribution in [0.3, 0.4) is 0 Å². The summed E-state index contributed by atoms with van der Waals surface area (Å²) in [6.07, 6.45) is -4.95. The van der Waals surface area contributed by atoms with Crippen LogP contribution >= 0.6 is 15.9 Å². The van der Waals surface area contributed by atoms with Gasteiger partial charge in [0.15, 0.2) is 17.8 Å². The average Bonchev–Trinajstić information content (AvgIpc) is 3.13. The topological polar surface area (TPSA) is 36.9 Å². The molecule has 1 aliphatic rings. The van der Waals surface area contributed by atoms with Crippen molar-refractivity contribution < 1.29 is 32.1 Å². The first-order valence-corrected chi connectivity index (χ1v) is 8.58. The van der Waals surface area contributed by atoms with Crippen LogP contribution < -0.4 is 9.47 Å². The molecule has 26 heavy (non-hydrogen) atoms. The molecule has 0 saturated carbocycles. The second-order valence-electron chi connectivity index (χ2n) is 5.54. The predicted molar refractivity (Wildman–Crippen MR) is 91.1 cm³/mol.